The van der Waals surface area contributed by atoms with Gasteiger partial charge in [-0.3, -0.25) is 0 Å². The average molecular weight is 324 g/mol. The van der Waals surface area contributed by atoms with Crippen molar-refractivity contribution in [3.05, 3.63) is 6.33 Å². The molecule has 1 fully saturated rings. The number of hydrogen-bond acceptors (Lipinski definition) is 8. The standard InChI is InChI=1S/C13H20N6O2S/c1-3-18(2)11-10-12(17-13(14)16-11)19(6-15-10)9-4-7(21)8(5-20)22-9/h6-9,20-21H,3-5H2,1-2H3,(H2,14,16,17)/t7-,8+,9+/m0/s1. The monoisotopic (exact) mass is 324 g/mol. The average Bonchev–Trinajstić information content (AvgIpc) is 3.08. The van der Waals surface area contributed by atoms with Crippen LogP contribution in [0.3, 0.4) is 0 Å². The van der Waals surface area contributed by atoms with Gasteiger partial charge in [0.2, 0.25) is 5.95 Å². The fourth-order valence-corrected chi connectivity index (χ4v) is 3.97. The molecule has 22 heavy (non-hydrogen) atoms. The maximum absolute atomic E-state index is 9.99. The first kappa shape index (κ1) is 15.3. The van der Waals surface area contributed by atoms with Crippen LogP contribution in [0, 0.1) is 0 Å². The van der Waals surface area contributed by atoms with Crippen LogP contribution >= 0.6 is 11.8 Å². The fourth-order valence-electron chi connectivity index (χ4n) is 2.59. The van der Waals surface area contributed by atoms with E-state index in [0.29, 0.717) is 23.4 Å². The Bertz CT molecular complexity index is 678. The Morgan fingerprint density at radius 1 is 1.50 bits per heavy atom. The Hall–Kier alpha value is -1.58. The van der Waals surface area contributed by atoms with Crippen molar-refractivity contribution < 1.29 is 10.2 Å². The molecule has 0 spiro atoms. The lowest BCUT2D eigenvalue weighted by molar-refractivity contribution is 0.138. The number of aromatic nitrogens is 4. The molecule has 3 rings (SSSR count). The Morgan fingerprint density at radius 3 is 2.91 bits per heavy atom. The molecule has 2 aromatic rings. The van der Waals surface area contributed by atoms with E-state index in [1.165, 1.54) is 11.8 Å². The van der Waals surface area contributed by atoms with Crippen molar-refractivity contribution in [3.63, 3.8) is 0 Å². The first-order valence-electron chi connectivity index (χ1n) is 7.20. The highest BCUT2D eigenvalue weighted by molar-refractivity contribution is 8.00. The molecule has 0 aromatic carbocycles. The molecule has 0 aliphatic carbocycles. The number of nitrogen functional groups attached to an aromatic ring is 1. The van der Waals surface area contributed by atoms with Crippen molar-refractivity contribution in [2.24, 2.45) is 0 Å². The summed E-state index contributed by atoms with van der Waals surface area (Å²) < 4.78 is 1.91. The third-order valence-electron chi connectivity index (χ3n) is 3.95. The second-order valence-electron chi connectivity index (χ2n) is 5.36. The molecule has 0 amide bonds. The SMILES string of the molecule is CCN(C)c1nc(N)nc2c1ncn2[C@H]1C[C@H](O)[C@@H](CO)S1. The number of aliphatic hydroxyl groups excluding tert-OH is 2. The van der Waals surface area contributed by atoms with Crippen LogP contribution in [0.25, 0.3) is 11.2 Å². The van der Waals surface area contributed by atoms with Gasteiger partial charge in [0.15, 0.2) is 17.0 Å². The Balaban J connectivity index is 2.04. The minimum Gasteiger partial charge on any atom is -0.395 e. The van der Waals surface area contributed by atoms with E-state index in [9.17, 15) is 10.2 Å². The van der Waals surface area contributed by atoms with Gasteiger partial charge < -0.3 is 25.4 Å². The summed E-state index contributed by atoms with van der Waals surface area (Å²) in [7, 11) is 1.93. The fraction of sp³-hybridized carbons (Fsp3) is 0.615. The van der Waals surface area contributed by atoms with Crippen LogP contribution in [0.5, 0.6) is 0 Å². The maximum Gasteiger partial charge on any atom is 0.224 e. The summed E-state index contributed by atoms with van der Waals surface area (Å²) in [6, 6.07) is 0. The largest absolute Gasteiger partial charge is 0.395 e. The molecule has 8 nitrogen and oxygen atoms in total. The predicted molar refractivity (Wildman–Crippen MR) is 86.8 cm³/mol. The minimum absolute atomic E-state index is 0.0220. The van der Waals surface area contributed by atoms with Crippen LogP contribution < -0.4 is 10.6 Å². The van der Waals surface area contributed by atoms with Crippen molar-refractivity contribution in [2.75, 3.05) is 30.8 Å². The number of nitrogens with two attached hydrogens (primary N) is 1. The van der Waals surface area contributed by atoms with Gasteiger partial charge in [0, 0.05) is 20.0 Å². The number of fused-ring (bicyclic) bond motifs is 1. The molecule has 1 aliphatic heterocycles. The van der Waals surface area contributed by atoms with Gasteiger partial charge in [-0.1, -0.05) is 0 Å². The predicted octanol–water partition coefficient (Wildman–Crippen LogP) is 0.222. The molecule has 0 unspecified atom stereocenters. The zero-order valence-electron chi connectivity index (χ0n) is 12.5. The lowest BCUT2D eigenvalue weighted by Gasteiger charge is -2.17. The number of nitrogens with zero attached hydrogens (tertiary/aromatic N) is 5. The molecule has 0 radical (unpaired) electrons. The summed E-state index contributed by atoms with van der Waals surface area (Å²) in [6.07, 6.45) is 1.72. The number of anilines is 2. The van der Waals surface area contributed by atoms with Crippen molar-refractivity contribution in [1.82, 2.24) is 19.5 Å². The van der Waals surface area contributed by atoms with E-state index < -0.39 is 6.10 Å². The van der Waals surface area contributed by atoms with Crippen molar-refractivity contribution in [1.29, 1.82) is 0 Å². The zero-order chi connectivity index (χ0) is 15.9. The molecular weight excluding hydrogens is 304 g/mol. The quantitative estimate of drug-likeness (QED) is 0.732. The summed E-state index contributed by atoms with van der Waals surface area (Å²) in [5, 5.41) is 19.1. The number of aliphatic hydroxyl groups is 2. The van der Waals surface area contributed by atoms with E-state index in [1.54, 1.807) is 6.33 Å². The van der Waals surface area contributed by atoms with Gasteiger partial charge in [0.05, 0.1) is 29.7 Å². The van der Waals surface area contributed by atoms with Crippen LogP contribution in [0.1, 0.15) is 18.7 Å². The molecule has 3 atom stereocenters. The topological polar surface area (TPSA) is 113 Å². The van der Waals surface area contributed by atoms with Gasteiger partial charge in [0.25, 0.3) is 0 Å². The summed E-state index contributed by atoms with van der Waals surface area (Å²) >= 11 is 1.53. The molecule has 2 aromatic heterocycles. The van der Waals surface area contributed by atoms with Crippen LogP contribution in [-0.2, 0) is 0 Å². The Morgan fingerprint density at radius 2 is 2.27 bits per heavy atom. The lowest BCUT2D eigenvalue weighted by atomic mass is 10.2. The van der Waals surface area contributed by atoms with Gasteiger partial charge in [-0.15, -0.1) is 11.8 Å². The highest BCUT2D eigenvalue weighted by Gasteiger charge is 2.35. The normalized spacial score (nSPS) is 25.0. The van der Waals surface area contributed by atoms with E-state index >= 15 is 0 Å². The minimum atomic E-state index is -0.533. The first-order valence-corrected chi connectivity index (χ1v) is 8.15. The third-order valence-corrected chi connectivity index (χ3v) is 5.50. The highest BCUT2D eigenvalue weighted by atomic mass is 32.2. The molecular formula is C13H20N6O2S. The zero-order valence-corrected chi connectivity index (χ0v) is 13.4. The van der Waals surface area contributed by atoms with Crippen molar-refractivity contribution >= 4 is 34.7 Å². The number of rotatable bonds is 4. The second-order valence-corrected chi connectivity index (χ2v) is 6.78. The third kappa shape index (κ3) is 2.49. The molecule has 0 bridgehead atoms. The molecule has 9 heteroatoms. The van der Waals surface area contributed by atoms with Crippen LogP contribution in [0.15, 0.2) is 6.33 Å². The summed E-state index contributed by atoms with van der Waals surface area (Å²) in [5.74, 6) is 0.901. The summed E-state index contributed by atoms with van der Waals surface area (Å²) in [5.41, 5.74) is 7.19. The summed E-state index contributed by atoms with van der Waals surface area (Å²) in [4.78, 5) is 15.0. The molecule has 1 aliphatic rings. The van der Waals surface area contributed by atoms with Crippen LogP contribution in [0.2, 0.25) is 0 Å². The molecule has 120 valence electrons. The first-order chi connectivity index (χ1) is 10.5. The molecule has 0 saturated carbocycles. The van der Waals surface area contributed by atoms with E-state index in [2.05, 4.69) is 15.0 Å². The molecule has 3 heterocycles. The van der Waals surface area contributed by atoms with E-state index in [0.717, 1.165) is 6.54 Å². The Labute approximate surface area is 132 Å². The summed E-state index contributed by atoms with van der Waals surface area (Å²) in [6.45, 7) is 2.76. The number of imidazole rings is 1. The van der Waals surface area contributed by atoms with Gasteiger partial charge >= 0.3 is 0 Å². The van der Waals surface area contributed by atoms with Crippen LogP contribution in [0.4, 0.5) is 11.8 Å². The second kappa shape index (κ2) is 5.90. The van der Waals surface area contributed by atoms with Gasteiger partial charge in [0.1, 0.15) is 0 Å². The van der Waals surface area contributed by atoms with Crippen molar-refractivity contribution in [2.45, 2.75) is 30.1 Å². The molecule has 1 saturated heterocycles. The van der Waals surface area contributed by atoms with E-state index in [1.807, 2.05) is 23.4 Å². The molecule has 4 N–H and O–H groups in total. The lowest BCUT2D eigenvalue weighted by Crippen LogP contribution is -2.20. The highest BCUT2D eigenvalue weighted by Crippen LogP contribution is 2.42. The smallest absolute Gasteiger partial charge is 0.224 e. The van der Waals surface area contributed by atoms with Gasteiger partial charge in [-0.25, -0.2) is 4.98 Å². The van der Waals surface area contributed by atoms with Gasteiger partial charge in [-0.05, 0) is 6.92 Å². The number of thioether (sulfide) groups is 1. The van der Waals surface area contributed by atoms with Crippen LogP contribution in [-0.4, -0.2) is 61.3 Å². The van der Waals surface area contributed by atoms with Crippen molar-refractivity contribution in [3.8, 4) is 0 Å². The maximum atomic E-state index is 9.99. The van der Waals surface area contributed by atoms with Gasteiger partial charge in [-0.2, -0.15) is 9.97 Å². The number of hydrogen-bond donors (Lipinski definition) is 3. The van der Waals surface area contributed by atoms with E-state index in [-0.39, 0.29) is 23.2 Å². The Kier molecular flexibility index (Phi) is 4.11. The van der Waals surface area contributed by atoms with E-state index in [4.69, 9.17) is 5.73 Å².